The molecule has 0 bridgehead atoms. The number of rotatable bonds is 5. The predicted octanol–water partition coefficient (Wildman–Crippen LogP) is 3.88. The van der Waals surface area contributed by atoms with Gasteiger partial charge in [0.2, 0.25) is 0 Å². The summed E-state index contributed by atoms with van der Waals surface area (Å²) in [6.45, 7) is 0.952. The lowest BCUT2D eigenvalue weighted by molar-refractivity contribution is -0.384. The summed E-state index contributed by atoms with van der Waals surface area (Å²) < 4.78 is 7.78. The SMILES string of the molecule is COCCn1c(=NC(=O)c2ccc3c(c2)CCCC3)sc2cc([N+](=O)[O-])ccc21. The number of benzene rings is 2. The quantitative estimate of drug-likeness (QED) is 0.471. The first-order chi connectivity index (χ1) is 14.1. The van der Waals surface area contributed by atoms with Crippen LogP contribution >= 0.6 is 11.3 Å². The third-order valence-electron chi connectivity index (χ3n) is 5.19. The van der Waals surface area contributed by atoms with Crippen molar-refractivity contribution in [1.29, 1.82) is 0 Å². The van der Waals surface area contributed by atoms with Gasteiger partial charge in [0.15, 0.2) is 4.80 Å². The Morgan fingerprint density at radius 2 is 2.00 bits per heavy atom. The van der Waals surface area contributed by atoms with Crippen molar-refractivity contribution in [2.24, 2.45) is 4.99 Å². The van der Waals surface area contributed by atoms with E-state index in [0.717, 1.165) is 24.8 Å². The molecular formula is C21H21N3O4S. The normalized spacial score (nSPS) is 14.2. The molecule has 150 valence electrons. The molecule has 1 aromatic heterocycles. The maximum Gasteiger partial charge on any atom is 0.279 e. The number of carbonyl (C=O) groups excluding carboxylic acids is 1. The Hall–Kier alpha value is -2.84. The van der Waals surface area contributed by atoms with E-state index in [1.54, 1.807) is 13.2 Å². The molecule has 0 saturated carbocycles. The molecule has 4 rings (SSSR count). The van der Waals surface area contributed by atoms with Gasteiger partial charge in [-0.1, -0.05) is 17.4 Å². The van der Waals surface area contributed by atoms with Crippen molar-refractivity contribution in [2.75, 3.05) is 13.7 Å². The van der Waals surface area contributed by atoms with Crippen molar-refractivity contribution in [3.8, 4) is 0 Å². The van der Waals surface area contributed by atoms with Crippen LogP contribution in [0.5, 0.6) is 0 Å². The molecule has 1 amide bonds. The minimum absolute atomic E-state index is 0.0187. The van der Waals surface area contributed by atoms with E-state index in [-0.39, 0.29) is 11.6 Å². The van der Waals surface area contributed by atoms with Crippen molar-refractivity contribution in [1.82, 2.24) is 4.57 Å². The van der Waals surface area contributed by atoms with E-state index < -0.39 is 4.92 Å². The first kappa shape index (κ1) is 19.5. The number of aromatic nitrogens is 1. The van der Waals surface area contributed by atoms with Crippen LogP contribution in [0.25, 0.3) is 10.2 Å². The highest BCUT2D eigenvalue weighted by atomic mass is 32.1. The molecule has 1 heterocycles. The van der Waals surface area contributed by atoms with Crippen LogP contribution in [-0.4, -0.2) is 29.1 Å². The molecule has 0 spiro atoms. The molecule has 8 heteroatoms. The Morgan fingerprint density at radius 3 is 2.76 bits per heavy atom. The van der Waals surface area contributed by atoms with Crippen molar-refractivity contribution in [2.45, 2.75) is 32.2 Å². The van der Waals surface area contributed by atoms with Gasteiger partial charge < -0.3 is 9.30 Å². The van der Waals surface area contributed by atoms with E-state index in [9.17, 15) is 14.9 Å². The molecule has 0 aliphatic heterocycles. The van der Waals surface area contributed by atoms with Crippen molar-refractivity contribution < 1.29 is 14.5 Å². The number of thiazole rings is 1. The lowest BCUT2D eigenvalue weighted by Crippen LogP contribution is -2.19. The zero-order chi connectivity index (χ0) is 20.4. The Balaban J connectivity index is 1.77. The summed E-state index contributed by atoms with van der Waals surface area (Å²) in [4.78, 5) is 28.4. The molecule has 0 N–H and O–H groups in total. The molecule has 0 fully saturated rings. The molecule has 0 saturated heterocycles. The molecular weight excluding hydrogens is 390 g/mol. The third kappa shape index (κ3) is 3.99. The molecule has 0 unspecified atom stereocenters. The predicted molar refractivity (Wildman–Crippen MR) is 111 cm³/mol. The van der Waals surface area contributed by atoms with Gasteiger partial charge in [-0.2, -0.15) is 4.99 Å². The molecule has 7 nitrogen and oxygen atoms in total. The topological polar surface area (TPSA) is 86.7 Å². The summed E-state index contributed by atoms with van der Waals surface area (Å²) in [5, 5.41) is 11.1. The van der Waals surface area contributed by atoms with Crippen LogP contribution in [0, 0.1) is 10.1 Å². The van der Waals surface area contributed by atoms with Gasteiger partial charge >= 0.3 is 0 Å². The summed E-state index contributed by atoms with van der Waals surface area (Å²) in [5.74, 6) is -0.300. The van der Waals surface area contributed by atoms with Crippen LogP contribution in [0.15, 0.2) is 41.4 Å². The largest absolute Gasteiger partial charge is 0.383 e. The molecule has 1 aliphatic rings. The van der Waals surface area contributed by atoms with E-state index in [4.69, 9.17) is 4.74 Å². The Kier molecular flexibility index (Phi) is 5.55. The number of carbonyl (C=O) groups is 1. The average molecular weight is 411 g/mol. The zero-order valence-corrected chi connectivity index (χ0v) is 16.9. The van der Waals surface area contributed by atoms with E-state index in [1.807, 2.05) is 22.8 Å². The number of aryl methyl sites for hydroxylation is 2. The fraction of sp³-hybridized carbons (Fsp3) is 0.333. The highest BCUT2D eigenvalue weighted by molar-refractivity contribution is 7.16. The number of nitro groups is 1. The third-order valence-corrected chi connectivity index (χ3v) is 6.23. The standard InChI is InChI=1S/C21H21N3O4S/c1-28-11-10-23-18-9-8-17(24(26)27)13-19(18)29-21(23)22-20(25)16-7-6-14-4-2-3-5-15(14)12-16/h6-9,12-13H,2-5,10-11H2,1H3. The number of ether oxygens (including phenoxy) is 1. The first-order valence-electron chi connectivity index (χ1n) is 9.54. The average Bonchev–Trinajstić information content (AvgIpc) is 3.07. The summed E-state index contributed by atoms with van der Waals surface area (Å²) in [6.07, 6.45) is 4.40. The number of non-ortho nitro benzene ring substituents is 1. The fourth-order valence-electron chi connectivity index (χ4n) is 3.68. The highest BCUT2D eigenvalue weighted by Crippen LogP contribution is 2.24. The number of amides is 1. The number of nitrogens with zero attached hydrogens (tertiary/aromatic N) is 3. The van der Waals surface area contributed by atoms with Crippen LogP contribution in [0.4, 0.5) is 5.69 Å². The van der Waals surface area contributed by atoms with Crippen LogP contribution in [-0.2, 0) is 24.1 Å². The second-order valence-electron chi connectivity index (χ2n) is 7.05. The van der Waals surface area contributed by atoms with Crippen LogP contribution in [0.3, 0.4) is 0 Å². The van der Waals surface area contributed by atoms with E-state index in [1.165, 1.54) is 41.0 Å². The summed E-state index contributed by atoms with van der Waals surface area (Å²) in [6, 6.07) is 10.5. The first-order valence-corrected chi connectivity index (χ1v) is 10.4. The van der Waals surface area contributed by atoms with Crippen molar-refractivity contribution in [3.63, 3.8) is 0 Å². The van der Waals surface area contributed by atoms with Crippen LogP contribution in [0.1, 0.15) is 34.3 Å². The molecule has 0 atom stereocenters. The van der Waals surface area contributed by atoms with Gasteiger partial charge in [0.1, 0.15) is 0 Å². The van der Waals surface area contributed by atoms with Crippen LogP contribution in [0.2, 0.25) is 0 Å². The minimum Gasteiger partial charge on any atom is -0.383 e. The number of hydrogen-bond donors (Lipinski definition) is 0. The number of methoxy groups -OCH3 is 1. The van der Waals surface area contributed by atoms with E-state index in [2.05, 4.69) is 4.99 Å². The maximum atomic E-state index is 12.9. The number of nitro benzene ring substituents is 1. The van der Waals surface area contributed by atoms with Gasteiger partial charge in [-0.15, -0.1) is 0 Å². The molecule has 0 radical (unpaired) electrons. The van der Waals surface area contributed by atoms with Gasteiger partial charge in [0, 0.05) is 31.4 Å². The number of fused-ring (bicyclic) bond motifs is 2. The second kappa shape index (κ2) is 8.26. The minimum atomic E-state index is -0.423. The maximum absolute atomic E-state index is 12.9. The smallest absolute Gasteiger partial charge is 0.279 e. The van der Waals surface area contributed by atoms with Gasteiger partial charge in [-0.3, -0.25) is 14.9 Å². The summed E-state index contributed by atoms with van der Waals surface area (Å²) >= 11 is 1.27. The molecule has 29 heavy (non-hydrogen) atoms. The van der Waals surface area contributed by atoms with Gasteiger partial charge in [-0.05, 0) is 55.0 Å². The summed E-state index contributed by atoms with van der Waals surface area (Å²) in [5.41, 5.74) is 3.95. The molecule has 2 aromatic carbocycles. The second-order valence-corrected chi connectivity index (χ2v) is 8.05. The zero-order valence-electron chi connectivity index (χ0n) is 16.1. The van der Waals surface area contributed by atoms with Crippen LogP contribution < -0.4 is 4.80 Å². The molecule has 3 aromatic rings. The summed E-state index contributed by atoms with van der Waals surface area (Å²) in [7, 11) is 1.61. The Labute approximate surface area is 171 Å². The lowest BCUT2D eigenvalue weighted by Gasteiger charge is -2.15. The Morgan fingerprint density at radius 1 is 1.21 bits per heavy atom. The van der Waals surface area contributed by atoms with E-state index in [0.29, 0.717) is 28.2 Å². The lowest BCUT2D eigenvalue weighted by atomic mass is 9.90. The monoisotopic (exact) mass is 411 g/mol. The van der Waals surface area contributed by atoms with Gasteiger partial charge in [0.05, 0.1) is 21.7 Å². The van der Waals surface area contributed by atoms with E-state index >= 15 is 0 Å². The molecule has 1 aliphatic carbocycles. The number of hydrogen-bond acceptors (Lipinski definition) is 5. The highest BCUT2D eigenvalue weighted by Gasteiger charge is 2.15. The van der Waals surface area contributed by atoms with Crippen molar-refractivity contribution in [3.05, 3.63) is 68.0 Å². The van der Waals surface area contributed by atoms with Gasteiger partial charge in [0.25, 0.3) is 11.6 Å². The van der Waals surface area contributed by atoms with Crippen molar-refractivity contribution >= 4 is 33.1 Å². The fourth-order valence-corrected chi connectivity index (χ4v) is 4.76. The Bertz CT molecular complexity index is 1160. The van der Waals surface area contributed by atoms with Gasteiger partial charge in [-0.25, -0.2) is 0 Å².